The summed E-state index contributed by atoms with van der Waals surface area (Å²) < 4.78 is 5.21. The standard InChI is InChI=1S/C12H26N2O2/c1-4-9-14(10-5-2)12(15)13-8-7-11-16-6-3/h4-11H2,1-3H3,(H,13,15). The first-order valence-corrected chi connectivity index (χ1v) is 6.36. The van der Waals surface area contributed by atoms with Crippen LogP contribution in [0.25, 0.3) is 0 Å². The third kappa shape index (κ3) is 7.51. The van der Waals surface area contributed by atoms with E-state index in [2.05, 4.69) is 19.2 Å². The van der Waals surface area contributed by atoms with Gasteiger partial charge in [-0.1, -0.05) is 13.8 Å². The molecule has 0 fully saturated rings. The Kier molecular flexibility index (Phi) is 10.2. The molecule has 4 heteroatoms. The van der Waals surface area contributed by atoms with Crippen molar-refractivity contribution in [1.29, 1.82) is 0 Å². The van der Waals surface area contributed by atoms with Crippen LogP contribution in [0, 0.1) is 0 Å². The van der Waals surface area contributed by atoms with Crippen molar-refractivity contribution in [2.75, 3.05) is 32.8 Å². The van der Waals surface area contributed by atoms with Crippen LogP contribution in [0.15, 0.2) is 0 Å². The second-order valence-corrected chi connectivity index (χ2v) is 3.77. The number of rotatable bonds is 9. The first kappa shape index (κ1) is 15.2. The molecule has 0 atom stereocenters. The van der Waals surface area contributed by atoms with Crippen LogP contribution in [-0.4, -0.2) is 43.8 Å². The van der Waals surface area contributed by atoms with Crippen LogP contribution in [0.2, 0.25) is 0 Å². The molecule has 0 bridgehead atoms. The lowest BCUT2D eigenvalue weighted by Crippen LogP contribution is -2.41. The Hall–Kier alpha value is -0.770. The average molecular weight is 230 g/mol. The van der Waals surface area contributed by atoms with Crippen molar-refractivity contribution >= 4 is 6.03 Å². The molecule has 0 rings (SSSR count). The topological polar surface area (TPSA) is 41.6 Å². The molecule has 0 aliphatic heterocycles. The molecule has 0 aromatic heterocycles. The monoisotopic (exact) mass is 230 g/mol. The summed E-state index contributed by atoms with van der Waals surface area (Å²) in [5, 5.41) is 2.92. The highest BCUT2D eigenvalue weighted by molar-refractivity contribution is 5.74. The molecular weight excluding hydrogens is 204 g/mol. The van der Waals surface area contributed by atoms with E-state index < -0.39 is 0 Å². The second kappa shape index (κ2) is 10.7. The first-order valence-electron chi connectivity index (χ1n) is 6.36. The number of carbonyl (C=O) groups excluding carboxylic acids is 1. The van der Waals surface area contributed by atoms with Gasteiger partial charge in [0.15, 0.2) is 0 Å². The average Bonchev–Trinajstić information content (AvgIpc) is 2.28. The summed E-state index contributed by atoms with van der Waals surface area (Å²) in [6, 6.07) is 0.0557. The summed E-state index contributed by atoms with van der Waals surface area (Å²) in [5.41, 5.74) is 0. The Labute approximate surface area is 99.3 Å². The van der Waals surface area contributed by atoms with E-state index in [0.717, 1.165) is 45.6 Å². The lowest BCUT2D eigenvalue weighted by Gasteiger charge is -2.21. The molecule has 2 amide bonds. The molecule has 0 aromatic rings. The zero-order valence-corrected chi connectivity index (χ0v) is 10.9. The van der Waals surface area contributed by atoms with Gasteiger partial charge in [-0.15, -0.1) is 0 Å². The summed E-state index contributed by atoms with van der Waals surface area (Å²) >= 11 is 0. The highest BCUT2D eigenvalue weighted by Gasteiger charge is 2.09. The van der Waals surface area contributed by atoms with E-state index in [4.69, 9.17) is 4.74 Å². The predicted octanol–water partition coefficient (Wildman–Crippen LogP) is 2.24. The van der Waals surface area contributed by atoms with E-state index in [9.17, 15) is 4.79 Å². The Bertz CT molecular complexity index is 168. The number of amides is 2. The fourth-order valence-corrected chi connectivity index (χ4v) is 1.48. The van der Waals surface area contributed by atoms with Gasteiger partial charge in [0.25, 0.3) is 0 Å². The van der Waals surface area contributed by atoms with E-state index >= 15 is 0 Å². The van der Waals surface area contributed by atoms with Crippen molar-refractivity contribution in [2.24, 2.45) is 0 Å². The maximum atomic E-state index is 11.7. The summed E-state index contributed by atoms with van der Waals surface area (Å²) in [5.74, 6) is 0. The number of carbonyl (C=O) groups is 1. The van der Waals surface area contributed by atoms with Gasteiger partial charge < -0.3 is 15.0 Å². The van der Waals surface area contributed by atoms with Gasteiger partial charge in [-0.05, 0) is 26.2 Å². The molecule has 4 nitrogen and oxygen atoms in total. The van der Waals surface area contributed by atoms with Crippen molar-refractivity contribution < 1.29 is 9.53 Å². The maximum Gasteiger partial charge on any atom is 0.317 e. The van der Waals surface area contributed by atoms with E-state index in [-0.39, 0.29) is 6.03 Å². The van der Waals surface area contributed by atoms with Gasteiger partial charge in [0, 0.05) is 32.8 Å². The molecule has 0 saturated heterocycles. The summed E-state index contributed by atoms with van der Waals surface area (Å²) in [4.78, 5) is 13.6. The van der Waals surface area contributed by atoms with Crippen molar-refractivity contribution in [1.82, 2.24) is 10.2 Å². The zero-order valence-electron chi connectivity index (χ0n) is 10.9. The third-order valence-electron chi connectivity index (χ3n) is 2.22. The summed E-state index contributed by atoms with van der Waals surface area (Å²) in [7, 11) is 0. The quantitative estimate of drug-likeness (QED) is 0.617. The van der Waals surface area contributed by atoms with E-state index in [0.29, 0.717) is 6.54 Å². The van der Waals surface area contributed by atoms with Crippen LogP contribution in [0.1, 0.15) is 40.0 Å². The first-order chi connectivity index (χ1) is 7.76. The molecule has 16 heavy (non-hydrogen) atoms. The molecule has 96 valence electrons. The van der Waals surface area contributed by atoms with Crippen LogP contribution < -0.4 is 5.32 Å². The summed E-state index contributed by atoms with van der Waals surface area (Å²) in [6.45, 7) is 9.99. The number of urea groups is 1. The van der Waals surface area contributed by atoms with Crippen LogP contribution >= 0.6 is 0 Å². The maximum absolute atomic E-state index is 11.7. The smallest absolute Gasteiger partial charge is 0.317 e. The molecule has 0 aliphatic carbocycles. The van der Waals surface area contributed by atoms with Gasteiger partial charge in [-0.25, -0.2) is 4.79 Å². The van der Waals surface area contributed by atoms with E-state index in [1.54, 1.807) is 0 Å². The lowest BCUT2D eigenvalue weighted by molar-refractivity contribution is 0.144. The van der Waals surface area contributed by atoms with Gasteiger partial charge in [-0.3, -0.25) is 0 Å². The van der Waals surface area contributed by atoms with Gasteiger partial charge in [0.1, 0.15) is 0 Å². The lowest BCUT2D eigenvalue weighted by atomic mass is 10.3. The van der Waals surface area contributed by atoms with Crippen molar-refractivity contribution in [3.8, 4) is 0 Å². The summed E-state index contributed by atoms with van der Waals surface area (Å²) in [6.07, 6.45) is 2.89. The molecule has 0 saturated carbocycles. The second-order valence-electron chi connectivity index (χ2n) is 3.77. The number of nitrogens with one attached hydrogen (secondary N) is 1. The third-order valence-corrected chi connectivity index (χ3v) is 2.22. The number of hydrogen-bond acceptors (Lipinski definition) is 2. The van der Waals surface area contributed by atoms with Crippen molar-refractivity contribution in [3.05, 3.63) is 0 Å². The van der Waals surface area contributed by atoms with Crippen LogP contribution in [-0.2, 0) is 4.74 Å². The number of nitrogens with zero attached hydrogens (tertiary/aromatic N) is 1. The Morgan fingerprint density at radius 3 is 2.31 bits per heavy atom. The normalized spacial score (nSPS) is 10.2. The molecule has 0 heterocycles. The van der Waals surface area contributed by atoms with Gasteiger partial charge in [0.05, 0.1) is 0 Å². The molecular formula is C12H26N2O2. The number of ether oxygens (including phenoxy) is 1. The molecule has 0 aliphatic rings. The fraction of sp³-hybridized carbons (Fsp3) is 0.917. The molecule has 0 radical (unpaired) electrons. The Morgan fingerprint density at radius 1 is 1.19 bits per heavy atom. The number of hydrogen-bond donors (Lipinski definition) is 1. The largest absolute Gasteiger partial charge is 0.382 e. The molecule has 0 aromatic carbocycles. The van der Waals surface area contributed by atoms with Gasteiger partial charge in [-0.2, -0.15) is 0 Å². The Balaban J connectivity index is 3.65. The van der Waals surface area contributed by atoms with Crippen LogP contribution in [0.5, 0.6) is 0 Å². The SMILES string of the molecule is CCCN(CCC)C(=O)NCCCOCC. The van der Waals surface area contributed by atoms with E-state index in [1.165, 1.54) is 0 Å². The van der Waals surface area contributed by atoms with Crippen LogP contribution in [0.4, 0.5) is 4.79 Å². The van der Waals surface area contributed by atoms with Gasteiger partial charge >= 0.3 is 6.03 Å². The molecule has 0 unspecified atom stereocenters. The van der Waals surface area contributed by atoms with Crippen LogP contribution in [0.3, 0.4) is 0 Å². The minimum Gasteiger partial charge on any atom is -0.382 e. The van der Waals surface area contributed by atoms with Gasteiger partial charge in [0.2, 0.25) is 0 Å². The van der Waals surface area contributed by atoms with E-state index in [1.807, 2.05) is 11.8 Å². The molecule has 0 spiro atoms. The molecule has 1 N–H and O–H groups in total. The minimum absolute atomic E-state index is 0.0557. The van der Waals surface area contributed by atoms with Crippen molar-refractivity contribution in [3.63, 3.8) is 0 Å². The zero-order chi connectivity index (χ0) is 12.2. The highest BCUT2D eigenvalue weighted by Crippen LogP contribution is 1.95. The minimum atomic E-state index is 0.0557. The highest BCUT2D eigenvalue weighted by atomic mass is 16.5. The van der Waals surface area contributed by atoms with Crippen molar-refractivity contribution in [2.45, 2.75) is 40.0 Å². The predicted molar refractivity (Wildman–Crippen MR) is 66.7 cm³/mol. The fourth-order valence-electron chi connectivity index (χ4n) is 1.48. The Morgan fingerprint density at radius 2 is 1.81 bits per heavy atom.